The quantitative estimate of drug-likeness (QED) is 0.793. The molecule has 2 N–H and O–H groups in total. The minimum atomic E-state index is 0.0245. The average Bonchev–Trinajstić information content (AvgIpc) is 2.67. The van der Waals surface area contributed by atoms with Crippen LogP contribution in [0.1, 0.15) is 38.2 Å². The highest BCUT2D eigenvalue weighted by Gasteiger charge is 2.35. The number of ether oxygens (including phenoxy) is 1. The summed E-state index contributed by atoms with van der Waals surface area (Å²) in [7, 11) is 0. The summed E-state index contributed by atoms with van der Waals surface area (Å²) in [6.07, 6.45) is 4.69. The van der Waals surface area contributed by atoms with Gasteiger partial charge in [-0.15, -0.1) is 0 Å². The highest BCUT2D eigenvalue weighted by molar-refractivity contribution is 5.13. The zero-order chi connectivity index (χ0) is 12.1. The van der Waals surface area contributed by atoms with Gasteiger partial charge < -0.3 is 10.5 Å². The molecule has 0 spiro atoms. The molecule has 0 radical (unpaired) electrons. The van der Waals surface area contributed by atoms with Gasteiger partial charge in [0.05, 0.1) is 6.61 Å². The van der Waals surface area contributed by atoms with Crippen LogP contribution in [-0.2, 0) is 11.3 Å². The Morgan fingerprint density at radius 2 is 2.12 bits per heavy atom. The molecule has 0 bridgehead atoms. The van der Waals surface area contributed by atoms with Gasteiger partial charge in [0.1, 0.15) is 0 Å². The molecule has 0 saturated heterocycles. The zero-order valence-corrected chi connectivity index (χ0v) is 10.7. The summed E-state index contributed by atoms with van der Waals surface area (Å²) < 4.78 is 5.72. The second kappa shape index (κ2) is 5.65. The van der Waals surface area contributed by atoms with E-state index in [0.29, 0.717) is 12.5 Å². The lowest BCUT2D eigenvalue weighted by Gasteiger charge is -2.29. The van der Waals surface area contributed by atoms with Gasteiger partial charge in [-0.1, -0.05) is 43.7 Å². The first-order chi connectivity index (χ1) is 8.21. The van der Waals surface area contributed by atoms with Crippen molar-refractivity contribution in [1.82, 2.24) is 0 Å². The van der Waals surface area contributed by atoms with Crippen molar-refractivity contribution in [1.29, 1.82) is 0 Å². The molecular weight excluding hydrogens is 210 g/mol. The average molecular weight is 233 g/mol. The van der Waals surface area contributed by atoms with Gasteiger partial charge in [-0.3, -0.25) is 0 Å². The number of rotatable bonds is 5. The van der Waals surface area contributed by atoms with E-state index in [9.17, 15) is 0 Å². The molecule has 1 aromatic carbocycles. The molecule has 0 aromatic heterocycles. The second-order valence-electron chi connectivity index (χ2n) is 5.31. The fourth-order valence-electron chi connectivity index (χ4n) is 2.67. The van der Waals surface area contributed by atoms with Crippen molar-refractivity contribution in [3.63, 3.8) is 0 Å². The van der Waals surface area contributed by atoms with Crippen LogP contribution < -0.4 is 5.73 Å². The Bertz CT molecular complexity index is 338. The normalized spacial score (nSPS) is 28.5. The molecular formula is C15H23NO. The zero-order valence-electron chi connectivity index (χ0n) is 10.7. The van der Waals surface area contributed by atoms with Crippen molar-refractivity contribution in [3.8, 4) is 0 Å². The second-order valence-corrected chi connectivity index (χ2v) is 5.31. The van der Waals surface area contributed by atoms with E-state index in [-0.39, 0.29) is 5.54 Å². The molecule has 0 amide bonds. The molecule has 2 rings (SSSR count). The van der Waals surface area contributed by atoms with Crippen molar-refractivity contribution >= 4 is 0 Å². The largest absolute Gasteiger partial charge is 0.377 e. The van der Waals surface area contributed by atoms with Crippen molar-refractivity contribution in [3.05, 3.63) is 35.9 Å². The summed E-state index contributed by atoms with van der Waals surface area (Å²) in [5.74, 6) is 0.642. The number of hydrogen-bond acceptors (Lipinski definition) is 2. The van der Waals surface area contributed by atoms with Crippen molar-refractivity contribution in [2.24, 2.45) is 11.7 Å². The van der Waals surface area contributed by atoms with E-state index in [2.05, 4.69) is 19.1 Å². The van der Waals surface area contributed by atoms with Crippen LogP contribution in [0.25, 0.3) is 0 Å². The highest BCUT2D eigenvalue weighted by atomic mass is 16.5. The minimum Gasteiger partial charge on any atom is -0.377 e. The summed E-state index contributed by atoms with van der Waals surface area (Å²) in [6, 6.07) is 10.3. The Kier molecular flexibility index (Phi) is 4.19. The summed E-state index contributed by atoms with van der Waals surface area (Å²) >= 11 is 0. The Hall–Kier alpha value is -0.860. The molecule has 17 heavy (non-hydrogen) atoms. The van der Waals surface area contributed by atoms with Crippen LogP contribution in [0.4, 0.5) is 0 Å². The maximum absolute atomic E-state index is 6.40. The van der Waals surface area contributed by atoms with Crippen molar-refractivity contribution < 1.29 is 4.74 Å². The molecule has 1 aliphatic rings. The Balaban J connectivity index is 1.70. The summed E-state index contributed by atoms with van der Waals surface area (Å²) in [5.41, 5.74) is 7.66. The SMILES string of the molecule is CC1CCCC1(N)CCOCc1ccccc1. The van der Waals surface area contributed by atoms with Gasteiger partial charge in [0, 0.05) is 12.1 Å². The van der Waals surface area contributed by atoms with E-state index < -0.39 is 0 Å². The number of benzene rings is 1. The van der Waals surface area contributed by atoms with Gasteiger partial charge in [-0.2, -0.15) is 0 Å². The molecule has 0 heterocycles. The molecule has 0 aliphatic heterocycles. The van der Waals surface area contributed by atoms with E-state index >= 15 is 0 Å². The van der Waals surface area contributed by atoms with Crippen LogP contribution in [0.3, 0.4) is 0 Å². The van der Waals surface area contributed by atoms with E-state index in [1.807, 2.05) is 18.2 Å². The molecule has 94 valence electrons. The third-order valence-electron chi connectivity index (χ3n) is 4.08. The maximum atomic E-state index is 6.40. The van der Waals surface area contributed by atoms with E-state index in [1.54, 1.807) is 0 Å². The molecule has 1 saturated carbocycles. The Labute approximate surface area is 104 Å². The first-order valence-electron chi connectivity index (χ1n) is 6.61. The van der Waals surface area contributed by atoms with Crippen molar-refractivity contribution in [2.75, 3.05) is 6.61 Å². The summed E-state index contributed by atoms with van der Waals surface area (Å²) in [4.78, 5) is 0. The molecule has 2 heteroatoms. The standard InChI is InChI=1S/C15H23NO/c1-13-6-5-9-15(13,16)10-11-17-12-14-7-3-2-4-8-14/h2-4,7-8,13H,5-6,9-12,16H2,1H3. The van der Waals surface area contributed by atoms with Gasteiger partial charge in [0.15, 0.2) is 0 Å². The van der Waals surface area contributed by atoms with E-state index in [0.717, 1.165) is 19.4 Å². The lowest BCUT2D eigenvalue weighted by atomic mass is 9.87. The lowest BCUT2D eigenvalue weighted by molar-refractivity contribution is 0.0957. The van der Waals surface area contributed by atoms with Gasteiger partial charge >= 0.3 is 0 Å². The van der Waals surface area contributed by atoms with Crippen LogP contribution in [0.15, 0.2) is 30.3 Å². The lowest BCUT2D eigenvalue weighted by Crippen LogP contribution is -2.43. The van der Waals surface area contributed by atoms with Gasteiger partial charge in [-0.25, -0.2) is 0 Å². The minimum absolute atomic E-state index is 0.0245. The third kappa shape index (κ3) is 3.30. The van der Waals surface area contributed by atoms with Crippen LogP contribution in [-0.4, -0.2) is 12.1 Å². The highest BCUT2D eigenvalue weighted by Crippen LogP contribution is 2.35. The predicted molar refractivity (Wildman–Crippen MR) is 70.6 cm³/mol. The topological polar surface area (TPSA) is 35.2 Å². The fraction of sp³-hybridized carbons (Fsp3) is 0.600. The van der Waals surface area contributed by atoms with Crippen molar-refractivity contribution in [2.45, 2.75) is 44.8 Å². The number of nitrogens with two attached hydrogens (primary N) is 1. The van der Waals surface area contributed by atoms with Gasteiger partial charge in [0.25, 0.3) is 0 Å². The summed E-state index contributed by atoms with van der Waals surface area (Å²) in [5, 5.41) is 0. The predicted octanol–water partition coefficient (Wildman–Crippen LogP) is 3.11. The molecule has 1 aliphatic carbocycles. The molecule has 1 fully saturated rings. The molecule has 2 atom stereocenters. The smallest absolute Gasteiger partial charge is 0.0716 e. The van der Waals surface area contributed by atoms with Crippen LogP contribution in [0.5, 0.6) is 0 Å². The number of hydrogen-bond donors (Lipinski definition) is 1. The van der Waals surface area contributed by atoms with Crippen LogP contribution >= 0.6 is 0 Å². The van der Waals surface area contributed by atoms with Gasteiger partial charge in [-0.05, 0) is 30.7 Å². The Morgan fingerprint density at radius 1 is 1.35 bits per heavy atom. The third-order valence-corrected chi connectivity index (χ3v) is 4.08. The van der Waals surface area contributed by atoms with Crippen LogP contribution in [0.2, 0.25) is 0 Å². The monoisotopic (exact) mass is 233 g/mol. The molecule has 2 nitrogen and oxygen atoms in total. The Morgan fingerprint density at radius 3 is 2.76 bits per heavy atom. The molecule has 2 unspecified atom stereocenters. The van der Waals surface area contributed by atoms with E-state index in [4.69, 9.17) is 10.5 Å². The first-order valence-corrected chi connectivity index (χ1v) is 6.61. The maximum Gasteiger partial charge on any atom is 0.0716 e. The van der Waals surface area contributed by atoms with E-state index in [1.165, 1.54) is 18.4 Å². The first kappa shape index (κ1) is 12.6. The summed E-state index contributed by atoms with van der Waals surface area (Å²) in [6.45, 7) is 3.74. The van der Waals surface area contributed by atoms with Gasteiger partial charge in [0.2, 0.25) is 0 Å². The van der Waals surface area contributed by atoms with Crippen LogP contribution in [0, 0.1) is 5.92 Å². The molecule has 1 aromatic rings. The fourth-order valence-corrected chi connectivity index (χ4v) is 2.67.